The molecule has 2 fully saturated rings. The van der Waals surface area contributed by atoms with Crippen molar-refractivity contribution in [1.82, 2.24) is 25.1 Å². The van der Waals surface area contributed by atoms with Gasteiger partial charge in [-0.25, -0.2) is 0 Å². The van der Waals surface area contributed by atoms with Crippen LogP contribution in [-0.2, 0) is 9.53 Å². The van der Waals surface area contributed by atoms with E-state index in [1.807, 2.05) is 17.1 Å². The van der Waals surface area contributed by atoms with Crippen LogP contribution in [0.1, 0.15) is 44.6 Å². The van der Waals surface area contributed by atoms with Crippen LogP contribution in [0, 0.1) is 0 Å². The highest BCUT2D eigenvalue weighted by molar-refractivity contribution is 5.81. The highest BCUT2D eigenvalue weighted by Crippen LogP contribution is 2.29. The smallest absolute Gasteiger partial charge is 0.249 e. The van der Waals surface area contributed by atoms with Crippen molar-refractivity contribution >= 4 is 5.91 Å². The van der Waals surface area contributed by atoms with E-state index >= 15 is 0 Å². The average Bonchev–Trinajstić information content (AvgIpc) is 3.35. The highest BCUT2D eigenvalue weighted by Gasteiger charge is 2.28. The molecule has 1 unspecified atom stereocenters. The normalized spacial score (nSPS) is 26.5. The van der Waals surface area contributed by atoms with Crippen molar-refractivity contribution in [3.63, 3.8) is 0 Å². The van der Waals surface area contributed by atoms with E-state index in [1.54, 1.807) is 18.6 Å². The van der Waals surface area contributed by atoms with Crippen LogP contribution < -0.4 is 5.32 Å². The summed E-state index contributed by atoms with van der Waals surface area (Å²) in [5.41, 5.74) is 1.83. The summed E-state index contributed by atoms with van der Waals surface area (Å²) < 4.78 is 7.48. The fourth-order valence-corrected chi connectivity index (χ4v) is 3.68. The van der Waals surface area contributed by atoms with Crippen LogP contribution in [0.3, 0.4) is 0 Å². The van der Waals surface area contributed by atoms with Crippen LogP contribution in [-0.4, -0.2) is 44.4 Å². The molecule has 25 heavy (non-hydrogen) atoms. The first kappa shape index (κ1) is 16.2. The number of rotatable bonds is 4. The van der Waals surface area contributed by atoms with E-state index in [4.69, 9.17) is 4.74 Å². The molecule has 0 radical (unpaired) electrons. The van der Waals surface area contributed by atoms with Crippen molar-refractivity contribution in [2.24, 2.45) is 0 Å². The van der Waals surface area contributed by atoms with Gasteiger partial charge < -0.3 is 10.1 Å². The molecule has 1 amide bonds. The summed E-state index contributed by atoms with van der Waals surface area (Å²) >= 11 is 0. The Kier molecular flexibility index (Phi) is 4.74. The zero-order valence-electron chi connectivity index (χ0n) is 14.2. The van der Waals surface area contributed by atoms with Gasteiger partial charge in [0.2, 0.25) is 5.91 Å². The largest absolute Gasteiger partial charge is 0.368 e. The number of nitrogens with zero attached hydrogens (tertiary/aromatic N) is 4. The fraction of sp³-hybridized carbons (Fsp3) is 0.556. The Morgan fingerprint density at radius 1 is 1.16 bits per heavy atom. The van der Waals surface area contributed by atoms with Gasteiger partial charge in [0, 0.05) is 36.8 Å². The third-order valence-corrected chi connectivity index (χ3v) is 5.10. The molecule has 0 spiro atoms. The molecule has 1 atom stereocenters. The molecule has 1 saturated heterocycles. The number of aromatic nitrogens is 4. The number of amides is 1. The number of ether oxygens (including phenoxy) is 1. The summed E-state index contributed by atoms with van der Waals surface area (Å²) in [6.45, 7) is 0.707. The van der Waals surface area contributed by atoms with Gasteiger partial charge in [-0.3, -0.25) is 19.4 Å². The Morgan fingerprint density at radius 2 is 2.04 bits per heavy atom. The molecule has 7 heteroatoms. The number of hydrogen-bond acceptors (Lipinski definition) is 5. The minimum Gasteiger partial charge on any atom is -0.368 e. The lowest BCUT2D eigenvalue weighted by atomic mass is 9.91. The van der Waals surface area contributed by atoms with Crippen molar-refractivity contribution in [1.29, 1.82) is 0 Å². The molecule has 1 aliphatic heterocycles. The first-order valence-electron chi connectivity index (χ1n) is 9.02. The standard InChI is InChI=1S/C18H23N5O2/c24-18(17-2-1-9-25-17)22-14-3-5-15(6-4-14)23-12-13(10-21-23)16-11-19-7-8-20-16/h7-8,10-12,14-15,17H,1-6,9H2,(H,22,24). The first-order chi connectivity index (χ1) is 12.3. The maximum Gasteiger partial charge on any atom is 0.249 e. The lowest BCUT2D eigenvalue weighted by Gasteiger charge is -2.29. The number of carbonyl (C=O) groups excluding carboxylic acids is 1. The topological polar surface area (TPSA) is 81.9 Å². The summed E-state index contributed by atoms with van der Waals surface area (Å²) in [5, 5.41) is 7.66. The predicted octanol–water partition coefficient (Wildman–Crippen LogP) is 2.12. The summed E-state index contributed by atoms with van der Waals surface area (Å²) in [6, 6.07) is 0.629. The summed E-state index contributed by atoms with van der Waals surface area (Å²) in [7, 11) is 0. The van der Waals surface area contributed by atoms with Gasteiger partial charge >= 0.3 is 0 Å². The van der Waals surface area contributed by atoms with E-state index in [1.165, 1.54) is 0 Å². The average molecular weight is 341 g/mol. The quantitative estimate of drug-likeness (QED) is 0.921. The van der Waals surface area contributed by atoms with Crippen LogP contribution in [0.5, 0.6) is 0 Å². The summed E-state index contributed by atoms with van der Waals surface area (Å²) in [4.78, 5) is 20.6. The predicted molar refractivity (Wildman–Crippen MR) is 91.7 cm³/mol. The van der Waals surface area contributed by atoms with Crippen LogP contribution in [0.4, 0.5) is 0 Å². The maximum atomic E-state index is 12.2. The van der Waals surface area contributed by atoms with Gasteiger partial charge in [0.15, 0.2) is 0 Å². The first-order valence-corrected chi connectivity index (χ1v) is 9.02. The minimum absolute atomic E-state index is 0.0602. The number of hydrogen-bond donors (Lipinski definition) is 1. The summed E-state index contributed by atoms with van der Waals surface area (Å²) in [5.74, 6) is 0.0602. The van der Waals surface area contributed by atoms with Gasteiger partial charge in [-0.2, -0.15) is 5.10 Å². The molecular weight excluding hydrogens is 318 g/mol. The summed E-state index contributed by atoms with van der Waals surface area (Å²) in [6.07, 6.45) is 14.6. The molecule has 2 aromatic heterocycles. The number of carbonyl (C=O) groups is 1. The third kappa shape index (κ3) is 3.71. The van der Waals surface area contributed by atoms with Crippen LogP contribution >= 0.6 is 0 Å². The Bertz CT molecular complexity index is 703. The highest BCUT2D eigenvalue weighted by atomic mass is 16.5. The minimum atomic E-state index is -0.238. The van der Waals surface area contributed by atoms with E-state index in [0.717, 1.165) is 49.8 Å². The van der Waals surface area contributed by atoms with Crippen molar-refractivity contribution in [3.8, 4) is 11.3 Å². The molecule has 2 aromatic rings. The van der Waals surface area contributed by atoms with Gasteiger partial charge in [0.1, 0.15) is 6.10 Å². The molecule has 1 N–H and O–H groups in total. The molecule has 4 rings (SSSR count). The molecular formula is C18H23N5O2. The van der Waals surface area contributed by atoms with Crippen LogP contribution in [0.2, 0.25) is 0 Å². The lowest BCUT2D eigenvalue weighted by Crippen LogP contribution is -2.43. The van der Waals surface area contributed by atoms with Gasteiger partial charge in [0.05, 0.1) is 24.1 Å². The Labute approximate surface area is 146 Å². The van der Waals surface area contributed by atoms with E-state index in [9.17, 15) is 4.79 Å². The van der Waals surface area contributed by atoms with Gasteiger partial charge in [-0.05, 0) is 38.5 Å². The second-order valence-electron chi connectivity index (χ2n) is 6.82. The molecule has 1 aliphatic carbocycles. The Hall–Kier alpha value is -2.28. The Balaban J connectivity index is 1.31. The SMILES string of the molecule is O=C(NC1CCC(n2cc(-c3cnccn3)cn2)CC1)C1CCCO1. The van der Waals surface area contributed by atoms with Crippen LogP contribution in [0.25, 0.3) is 11.3 Å². The monoisotopic (exact) mass is 341 g/mol. The fourth-order valence-electron chi connectivity index (χ4n) is 3.68. The van der Waals surface area contributed by atoms with Gasteiger partial charge in [0.25, 0.3) is 0 Å². The van der Waals surface area contributed by atoms with Gasteiger partial charge in [-0.1, -0.05) is 0 Å². The molecule has 0 aromatic carbocycles. The van der Waals surface area contributed by atoms with E-state index in [2.05, 4.69) is 20.4 Å². The van der Waals surface area contributed by atoms with Crippen molar-refractivity contribution in [2.75, 3.05) is 6.61 Å². The zero-order valence-corrected chi connectivity index (χ0v) is 14.2. The van der Waals surface area contributed by atoms with Crippen molar-refractivity contribution in [3.05, 3.63) is 31.0 Å². The molecule has 1 saturated carbocycles. The Morgan fingerprint density at radius 3 is 2.76 bits per heavy atom. The lowest BCUT2D eigenvalue weighted by molar-refractivity contribution is -0.131. The van der Waals surface area contributed by atoms with Gasteiger partial charge in [-0.15, -0.1) is 0 Å². The molecule has 7 nitrogen and oxygen atoms in total. The van der Waals surface area contributed by atoms with E-state index in [0.29, 0.717) is 12.6 Å². The van der Waals surface area contributed by atoms with Crippen LogP contribution in [0.15, 0.2) is 31.0 Å². The van der Waals surface area contributed by atoms with E-state index < -0.39 is 0 Å². The number of nitrogens with one attached hydrogen (secondary N) is 1. The third-order valence-electron chi connectivity index (χ3n) is 5.10. The molecule has 0 bridgehead atoms. The zero-order chi connectivity index (χ0) is 17.1. The van der Waals surface area contributed by atoms with Crippen molar-refractivity contribution < 1.29 is 9.53 Å². The van der Waals surface area contributed by atoms with Crippen molar-refractivity contribution in [2.45, 2.75) is 56.7 Å². The molecule has 132 valence electrons. The molecule has 3 heterocycles. The van der Waals surface area contributed by atoms with E-state index in [-0.39, 0.29) is 18.1 Å². The second kappa shape index (κ2) is 7.31. The maximum absolute atomic E-state index is 12.2. The second-order valence-corrected chi connectivity index (χ2v) is 6.82. The molecule has 2 aliphatic rings.